The second-order valence-corrected chi connectivity index (χ2v) is 7.23. The van der Waals surface area contributed by atoms with E-state index in [1.807, 2.05) is 0 Å². The van der Waals surface area contributed by atoms with E-state index in [1.165, 1.54) is 12.1 Å². The summed E-state index contributed by atoms with van der Waals surface area (Å²) in [6.45, 7) is 1.84. The van der Waals surface area contributed by atoms with E-state index in [9.17, 15) is 18.8 Å². The van der Waals surface area contributed by atoms with Gasteiger partial charge in [-0.15, -0.1) is 0 Å². The average molecular weight is 424 g/mol. The van der Waals surface area contributed by atoms with Crippen molar-refractivity contribution in [3.05, 3.63) is 70.4 Å². The summed E-state index contributed by atoms with van der Waals surface area (Å²) in [4.78, 5) is 40.2. The molecule has 0 atom stereocenters. The topological polar surface area (TPSA) is 95.6 Å². The van der Waals surface area contributed by atoms with Gasteiger partial charge in [0.25, 0.3) is 11.5 Å². The normalized spacial score (nSPS) is 14.0. The Labute approximate surface area is 177 Å². The zero-order chi connectivity index (χ0) is 21.8. The van der Waals surface area contributed by atoms with Crippen LogP contribution in [-0.2, 0) is 20.7 Å². The standard InChI is InChI=1S/C22H21FN4O4/c23-15-5-7-16(8-6-15)26-9-11-27(12-10-26)20(28)14-31-21(29)13-19-17-3-1-2-4-18(17)22(30)25-24-19/h1-8H,9-14H2,(H,25,30). The first kappa shape index (κ1) is 20.5. The molecule has 0 radical (unpaired) electrons. The summed E-state index contributed by atoms with van der Waals surface area (Å²) in [5.41, 5.74) is 0.962. The van der Waals surface area contributed by atoms with Crippen LogP contribution < -0.4 is 10.5 Å². The molecule has 31 heavy (non-hydrogen) atoms. The van der Waals surface area contributed by atoms with Gasteiger partial charge in [0.05, 0.1) is 17.5 Å². The van der Waals surface area contributed by atoms with Gasteiger partial charge < -0.3 is 14.5 Å². The number of aromatic nitrogens is 2. The van der Waals surface area contributed by atoms with Crippen molar-refractivity contribution in [2.45, 2.75) is 6.42 Å². The van der Waals surface area contributed by atoms with Gasteiger partial charge in [0.2, 0.25) is 0 Å². The lowest BCUT2D eigenvalue weighted by molar-refractivity contribution is -0.151. The number of hydrogen-bond acceptors (Lipinski definition) is 6. The van der Waals surface area contributed by atoms with Gasteiger partial charge in [0.15, 0.2) is 6.61 Å². The zero-order valence-electron chi connectivity index (χ0n) is 16.7. The molecule has 0 spiro atoms. The summed E-state index contributed by atoms with van der Waals surface area (Å²) >= 11 is 0. The number of piperazine rings is 1. The third-order valence-electron chi connectivity index (χ3n) is 5.27. The fourth-order valence-corrected chi connectivity index (χ4v) is 3.59. The Morgan fingerprint density at radius 3 is 2.39 bits per heavy atom. The highest BCUT2D eigenvalue weighted by atomic mass is 19.1. The maximum atomic E-state index is 13.1. The first-order valence-corrected chi connectivity index (χ1v) is 9.91. The third-order valence-corrected chi connectivity index (χ3v) is 5.27. The van der Waals surface area contributed by atoms with E-state index in [1.54, 1.807) is 41.3 Å². The molecule has 1 aromatic heterocycles. The van der Waals surface area contributed by atoms with E-state index in [0.717, 1.165) is 5.69 Å². The molecule has 2 aromatic carbocycles. The summed E-state index contributed by atoms with van der Waals surface area (Å²) in [7, 11) is 0. The molecule has 1 aliphatic rings. The smallest absolute Gasteiger partial charge is 0.312 e. The van der Waals surface area contributed by atoms with E-state index < -0.39 is 5.97 Å². The summed E-state index contributed by atoms with van der Waals surface area (Å²) in [5, 5.41) is 7.33. The molecule has 0 unspecified atom stereocenters. The van der Waals surface area contributed by atoms with Gasteiger partial charge >= 0.3 is 5.97 Å². The number of amides is 1. The quantitative estimate of drug-likeness (QED) is 0.624. The Balaban J connectivity index is 1.28. The minimum Gasteiger partial charge on any atom is -0.455 e. The van der Waals surface area contributed by atoms with Crippen molar-refractivity contribution in [2.24, 2.45) is 0 Å². The van der Waals surface area contributed by atoms with Crippen LogP contribution in [0.2, 0.25) is 0 Å². The van der Waals surface area contributed by atoms with Gasteiger partial charge in [-0.25, -0.2) is 9.49 Å². The molecule has 160 valence electrons. The van der Waals surface area contributed by atoms with Crippen LogP contribution >= 0.6 is 0 Å². The molecule has 2 heterocycles. The number of rotatable bonds is 5. The van der Waals surface area contributed by atoms with Crippen molar-refractivity contribution >= 4 is 28.3 Å². The Hall–Kier alpha value is -3.75. The number of carbonyl (C=O) groups excluding carboxylic acids is 2. The van der Waals surface area contributed by atoms with Crippen LogP contribution in [0.15, 0.2) is 53.3 Å². The van der Waals surface area contributed by atoms with Crippen LogP contribution in [0.3, 0.4) is 0 Å². The van der Waals surface area contributed by atoms with Gasteiger partial charge in [-0.05, 0) is 30.3 Å². The lowest BCUT2D eigenvalue weighted by Crippen LogP contribution is -2.50. The van der Waals surface area contributed by atoms with Crippen LogP contribution in [0.1, 0.15) is 5.69 Å². The first-order valence-electron chi connectivity index (χ1n) is 9.91. The lowest BCUT2D eigenvalue weighted by Gasteiger charge is -2.36. The van der Waals surface area contributed by atoms with Gasteiger partial charge in [-0.3, -0.25) is 14.4 Å². The fourth-order valence-electron chi connectivity index (χ4n) is 3.59. The molecule has 3 aromatic rings. The van der Waals surface area contributed by atoms with Crippen molar-refractivity contribution in [3.8, 4) is 0 Å². The molecule has 8 nitrogen and oxygen atoms in total. The highest BCUT2D eigenvalue weighted by molar-refractivity contribution is 5.87. The third kappa shape index (κ3) is 4.71. The van der Waals surface area contributed by atoms with E-state index in [-0.39, 0.29) is 30.3 Å². The number of halogens is 1. The molecule has 1 N–H and O–H groups in total. The predicted octanol–water partition coefficient (Wildman–Crippen LogP) is 1.50. The Bertz CT molecular complexity index is 1150. The molecule has 0 aliphatic carbocycles. The highest BCUT2D eigenvalue weighted by Crippen LogP contribution is 2.17. The number of H-pyrrole nitrogens is 1. The largest absolute Gasteiger partial charge is 0.455 e. The van der Waals surface area contributed by atoms with E-state index in [0.29, 0.717) is 42.6 Å². The number of anilines is 1. The minimum atomic E-state index is -0.594. The zero-order valence-corrected chi connectivity index (χ0v) is 16.7. The Morgan fingerprint density at radius 2 is 1.68 bits per heavy atom. The molecule has 0 bridgehead atoms. The average Bonchev–Trinajstić information content (AvgIpc) is 2.80. The SMILES string of the molecule is O=C(Cc1n[nH]c(=O)c2ccccc12)OCC(=O)N1CCN(c2ccc(F)cc2)CC1. The number of fused-ring (bicyclic) bond motifs is 1. The summed E-state index contributed by atoms with van der Waals surface area (Å²) < 4.78 is 18.2. The maximum Gasteiger partial charge on any atom is 0.312 e. The van der Waals surface area contributed by atoms with Gasteiger partial charge in [0, 0.05) is 37.3 Å². The van der Waals surface area contributed by atoms with E-state index in [2.05, 4.69) is 15.1 Å². The van der Waals surface area contributed by atoms with Crippen molar-refractivity contribution < 1.29 is 18.7 Å². The predicted molar refractivity (Wildman–Crippen MR) is 112 cm³/mol. The van der Waals surface area contributed by atoms with Crippen molar-refractivity contribution in [1.29, 1.82) is 0 Å². The molecule has 0 saturated carbocycles. The second-order valence-electron chi connectivity index (χ2n) is 7.23. The van der Waals surface area contributed by atoms with Crippen LogP contribution in [0.25, 0.3) is 10.8 Å². The van der Waals surface area contributed by atoms with Gasteiger partial charge in [-0.2, -0.15) is 5.10 Å². The highest BCUT2D eigenvalue weighted by Gasteiger charge is 2.22. The van der Waals surface area contributed by atoms with Crippen LogP contribution in [0.5, 0.6) is 0 Å². The Kier molecular flexibility index (Phi) is 5.92. The number of benzene rings is 2. The Morgan fingerprint density at radius 1 is 1.00 bits per heavy atom. The van der Waals surface area contributed by atoms with Crippen molar-refractivity contribution in [2.75, 3.05) is 37.7 Å². The maximum absolute atomic E-state index is 13.1. The van der Waals surface area contributed by atoms with Gasteiger partial charge in [0.1, 0.15) is 5.82 Å². The van der Waals surface area contributed by atoms with Crippen LogP contribution in [0.4, 0.5) is 10.1 Å². The number of nitrogens with one attached hydrogen (secondary N) is 1. The monoisotopic (exact) mass is 424 g/mol. The summed E-state index contributed by atoms with van der Waals surface area (Å²) in [6.07, 6.45) is -0.150. The summed E-state index contributed by atoms with van der Waals surface area (Å²) in [6, 6.07) is 13.1. The van der Waals surface area contributed by atoms with Crippen LogP contribution in [0, 0.1) is 5.82 Å². The number of carbonyl (C=O) groups is 2. The van der Waals surface area contributed by atoms with Crippen LogP contribution in [-0.4, -0.2) is 59.8 Å². The number of ether oxygens (including phenoxy) is 1. The van der Waals surface area contributed by atoms with Crippen molar-refractivity contribution in [3.63, 3.8) is 0 Å². The van der Waals surface area contributed by atoms with E-state index in [4.69, 9.17) is 4.74 Å². The molecule has 1 aliphatic heterocycles. The molecule has 9 heteroatoms. The number of hydrogen-bond donors (Lipinski definition) is 1. The molecule has 1 amide bonds. The number of aromatic amines is 1. The number of esters is 1. The molecule has 1 saturated heterocycles. The van der Waals surface area contributed by atoms with Crippen molar-refractivity contribution in [1.82, 2.24) is 15.1 Å². The first-order chi connectivity index (χ1) is 15.0. The minimum absolute atomic E-state index is 0.150. The molecular weight excluding hydrogens is 403 g/mol. The fraction of sp³-hybridized carbons (Fsp3) is 0.273. The summed E-state index contributed by atoms with van der Waals surface area (Å²) in [5.74, 6) is -1.15. The molecule has 1 fully saturated rings. The second kappa shape index (κ2) is 8.95. The molecular formula is C22H21FN4O4. The molecule has 4 rings (SSSR count). The lowest BCUT2D eigenvalue weighted by atomic mass is 10.1. The number of nitrogens with zero attached hydrogens (tertiary/aromatic N) is 3. The van der Waals surface area contributed by atoms with E-state index >= 15 is 0 Å². The van der Waals surface area contributed by atoms with Gasteiger partial charge in [-0.1, -0.05) is 18.2 Å².